The molecule has 0 atom stereocenters. The molecule has 0 amide bonds. The average molecular weight is 306 g/mol. The van der Waals surface area contributed by atoms with Crippen LogP contribution in [-0.2, 0) is 11.5 Å². The van der Waals surface area contributed by atoms with Crippen molar-refractivity contribution in [2.24, 2.45) is 0 Å². The molecule has 1 aromatic heterocycles. The van der Waals surface area contributed by atoms with Crippen LogP contribution in [0.15, 0.2) is 40.3 Å². The quantitative estimate of drug-likeness (QED) is 0.654. The van der Waals surface area contributed by atoms with Crippen LogP contribution in [0.25, 0.3) is 0 Å². The van der Waals surface area contributed by atoms with Crippen molar-refractivity contribution in [1.29, 1.82) is 0 Å². The van der Waals surface area contributed by atoms with Gasteiger partial charge in [0.2, 0.25) is 0 Å². The molecule has 2 rings (SSSR count). The highest BCUT2D eigenvalue weighted by molar-refractivity contribution is 7.98. The number of benzene rings is 1. The van der Waals surface area contributed by atoms with Crippen LogP contribution in [0.2, 0.25) is 0 Å². The van der Waals surface area contributed by atoms with E-state index in [0.29, 0.717) is 5.16 Å². The molecular weight excluding hydrogens is 288 g/mol. The molecule has 106 valence electrons. The molecule has 1 aromatic carbocycles. The molecule has 0 saturated carbocycles. The number of H-pyrrole nitrogens is 1. The molecule has 0 unspecified atom stereocenters. The Morgan fingerprint density at radius 1 is 1.25 bits per heavy atom. The molecule has 0 fully saturated rings. The monoisotopic (exact) mass is 306 g/mol. The number of rotatable bonds is 6. The first-order chi connectivity index (χ1) is 9.67. The summed E-state index contributed by atoms with van der Waals surface area (Å²) in [6.07, 6.45) is 0. The first kappa shape index (κ1) is 15.2. The average Bonchev–Trinajstić information content (AvgIpc) is 2.42. The van der Waals surface area contributed by atoms with Gasteiger partial charge >= 0.3 is 0 Å². The van der Waals surface area contributed by atoms with Gasteiger partial charge in [-0.1, -0.05) is 48.5 Å². The summed E-state index contributed by atoms with van der Waals surface area (Å²) in [5.74, 6) is 2.63. The second-order valence-corrected chi connectivity index (χ2v) is 6.70. The standard InChI is InChI=1S/C15H18N2OS2/c1-3-19-10-13-8-14(18)17-15(16-13)20-9-12-6-4-5-11(2)7-12/h4-8H,3,9-10H2,1-2H3,(H,16,17,18). The maximum atomic E-state index is 11.6. The molecule has 0 aliphatic heterocycles. The first-order valence-electron chi connectivity index (χ1n) is 6.53. The summed E-state index contributed by atoms with van der Waals surface area (Å²) in [4.78, 5) is 18.9. The molecule has 2 aromatic rings. The lowest BCUT2D eigenvalue weighted by Crippen LogP contribution is -2.09. The van der Waals surface area contributed by atoms with Crippen LogP contribution in [0.3, 0.4) is 0 Å². The molecule has 0 radical (unpaired) electrons. The van der Waals surface area contributed by atoms with Crippen molar-refractivity contribution in [3.05, 3.63) is 57.5 Å². The summed E-state index contributed by atoms with van der Waals surface area (Å²) in [6, 6.07) is 9.96. The number of hydrogen-bond acceptors (Lipinski definition) is 4. The van der Waals surface area contributed by atoms with E-state index < -0.39 is 0 Å². The number of thioether (sulfide) groups is 2. The van der Waals surface area contributed by atoms with Crippen LogP contribution in [0.1, 0.15) is 23.7 Å². The van der Waals surface area contributed by atoms with Crippen LogP contribution >= 0.6 is 23.5 Å². The van der Waals surface area contributed by atoms with Gasteiger partial charge < -0.3 is 4.98 Å². The summed E-state index contributed by atoms with van der Waals surface area (Å²) in [5.41, 5.74) is 3.27. The third-order valence-electron chi connectivity index (χ3n) is 2.69. The highest BCUT2D eigenvalue weighted by Gasteiger charge is 2.03. The van der Waals surface area contributed by atoms with E-state index in [-0.39, 0.29) is 5.56 Å². The Morgan fingerprint density at radius 2 is 2.10 bits per heavy atom. The van der Waals surface area contributed by atoms with Crippen molar-refractivity contribution in [2.75, 3.05) is 5.75 Å². The Morgan fingerprint density at radius 3 is 2.85 bits per heavy atom. The van der Waals surface area contributed by atoms with Crippen LogP contribution in [0.5, 0.6) is 0 Å². The highest BCUT2D eigenvalue weighted by Crippen LogP contribution is 2.19. The van der Waals surface area contributed by atoms with Crippen molar-refractivity contribution < 1.29 is 0 Å². The zero-order chi connectivity index (χ0) is 14.4. The van der Waals surface area contributed by atoms with E-state index in [1.54, 1.807) is 29.6 Å². The number of nitrogens with zero attached hydrogens (tertiary/aromatic N) is 1. The van der Waals surface area contributed by atoms with E-state index in [1.807, 2.05) is 0 Å². The lowest BCUT2D eigenvalue weighted by molar-refractivity contribution is 0.899. The largest absolute Gasteiger partial charge is 0.301 e. The van der Waals surface area contributed by atoms with E-state index in [2.05, 4.69) is 48.1 Å². The second kappa shape index (κ2) is 7.55. The van der Waals surface area contributed by atoms with Crippen LogP contribution in [0.4, 0.5) is 0 Å². The minimum atomic E-state index is -0.0709. The van der Waals surface area contributed by atoms with Gasteiger partial charge in [0.05, 0.1) is 5.69 Å². The summed E-state index contributed by atoms with van der Waals surface area (Å²) in [7, 11) is 0. The third kappa shape index (κ3) is 4.72. The van der Waals surface area contributed by atoms with Gasteiger partial charge in [0.25, 0.3) is 5.56 Å². The van der Waals surface area contributed by atoms with Gasteiger partial charge in [-0.05, 0) is 18.2 Å². The lowest BCUT2D eigenvalue weighted by atomic mass is 10.2. The van der Waals surface area contributed by atoms with Gasteiger partial charge in [0.15, 0.2) is 5.16 Å². The molecule has 1 heterocycles. The molecule has 0 spiro atoms. The number of aromatic nitrogens is 2. The number of aromatic amines is 1. The lowest BCUT2D eigenvalue weighted by Gasteiger charge is -2.04. The molecule has 0 bridgehead atoms. The summed E-state index contributed by atoms with van der Waals surface area (Å²) < 4.78 is 0. The van der Waals surface area contributed by atoms with Crippen LogP contribution in [0, 0.1) is 6.92 Å². The fourth-order valence-electron chi connectivity index (χ4n) is 1.79. The maximum Gasteiger partial charge on any atom is 0.251 e. The number of hydrogen-bond donors (Lipinski definition) is 1. The Balaban J connectivity index is 2.05. The Labute approximate surface area is 127 Å². The minimum absolute atomic E-state index is 0.0709. The molecule has 0 saturated heterocycles. The number of aryl methyl sites for hydroxylation is 1. The van der Waals surface area contributed by atoms with Crippen LogP contribution in [-0.4, -0.2) is 15.7 Å². The van der Waals surface area contributed by atoms with Crippen molar-refractivity contribution in [3.63, 3.8) is 0 Å². The normalized spacial score (nSPS) is 10.7. The highest BCUT2D eigenvalue weighted by atomic mass is 32.2. The van der Waals surface area contributed by atoms with Gasteiger partial charge in [-0.2, -0.15) is 11.8 Å². The predicted octanol–water partition coefficient (Wildman–Crippen LogP) is 3.62. The van der Waals surface area contributed by atoms with Crippen LogP contribution < -0.4 is 5.56 Å². The zero-order valence-corrected chi connectivity index (χ0v) is 13.3. The maximum absolute atomic E-state index is 11.6. The molecule has 20 heavy (non-hydrogen) atoms. The number of nitrogens with one attached hydrogen (secondary N) is 1. The third-order valence-corrected chi connectivity index (χ3v) is 4.54. The van der Waals surface area contributed by atoms with Gasteiger partial charge in [-0.15, -0.1) is 0 Å². The minimum Gasteiger partial charge on any atom is -0.301 e. The topological polar surface area (TPSA) is 45.8 Å². The summed E-state index contributed by atoms with van der Waals surface area (Å²) in [6.45, 7) is 4.18. The molecular formula is C15H18N2OS2. The van der Waals surface area contributed by atoms with E-state index >= 15 is 0 Å². The Bertz CT molecular complexity index is 625. The fourth-order valence-corrected chi connectivity index (χ4v) is 3.18. The van der Waals surface area contributed by atoms with Gasteiger partial charge in [0, 0.05) is 17.6 Å². The summed E-state index contributed by atoms with van der Waals surface area (Å²) in [5, 5.41) is 0.700. The van der Waals surface area contributed by atoms with Gasteiger partial charge in [-0.3, -0.25) is 4.79 Å². The fraction of sp³-hybridized carbons (Fsp3) is 0.333. The molecule has 5 heteroatoms. The van der Waals surface area contributed by atoms with E-state index in [9.17, 15) is 4.79 Å². The molecule has 1 N–H and O–H groups in total. The van der Waals surface area contributed by atoms with Crippen molar-refractivity contribution in [2.45, 2.75) is 30.5 Å². The Hall–Kier alpha value is -1.20. The van der Waals surface area contributed by atoms with Crippen molar-refractivity contribution in [1.82, 2.24) is 9.97 Å². The van der Waals surface area contributed by atoms with Gasteiger partial charge in [-0.25, -0.2) is 4.98 Å². The van der Waals surface area contributed by atoms with E-state index in [1.165, 1.54) is 11.1 Å². The summed E-state index contributed by atoms with van der Waals surface area (Å²) >= 11 is 3.34. The van der Waals surface area contributed by atoms with E-state index in [0.717, 1.165) is 23.0 Å². The molecule has 0 aliphatic carbocycles. The van der Waals surface area contributed by atoms with Crippen molar-refractivity contribution >= 4 is 23.5 Å². The smallest absolute Gasteiger partial charge is 0.251 e. The zero-order valence-electron chi connectivity index (χ0n) is 11.7. The van der Waals surface area contributed by atoms with Crippen molar-refractivity contribution in [3.8, 4) is 0 Å². The molecule has 0 aliphatic rings. The predicted molar refractivity (Wildman–Crippen MR) is 87.4 cm³/mol. The van der Waals surface area contributed by atoms with E-state index in [4.69, 9.17) is 0 Å². The second-order valence-electron chi connectivity index (χ2n) is 4.46. The Kier molecular flexibility index (Phi) is 5.73. The first-order valence-corrected chi connectivity index (χ1v) is 8.67. The van der Waals surface area contributed by atoms with Gasteiger partial charge in [0.1, 0.15) is 0 Å². The SMILES string of the molecule is CCSCc1cc(=O)[nH]c(SCc2cccc(C)c2)n1. The molecule has 3 nitrogen and oxygen atoms in total.